The number of nitrogens with zero attached hydrogens (tertiary/aromatic N) is 2. The summed E-state index contributed by atoms with van der Waals surface area (Å²) in [6.45, 7) is 2.21. The Morgan fingerprint density at radius 3 is 2.89 bits per heavy atom. The molecule has 1 aromatic carbocycles. The van der Waals surface area contributed by atoms with Crippen molar-refractivity contribution in [3.63, 3.8) is 0 Å². The topological polar surface area (TPSA) is 113 Å². The summed E-state index contributed by atoms with van der Waals surface area (Å²) in [5, 5.41) is 16.1. The van der Waals surface area contributed by atoms with Crippen molar-refractivity contribution >= 4 is 17.7 Å². The van der Waals surface area contributed by atoms with Crippen LogP contribution in [0.25, 0.3) is 11.3 Å². The molecule has 28 heavy (non-hydrogen) atoms. The minimum absolute atomic E-state index is 0.206. The lowest BCUT2D eigenvalue weighted by Crippen LogP contribution is -2.52. The normalized spacial score (nSPS) is 20.3. The summed E-state index contributed by atoms with van der Waals surface area (Å²) in [4.78, 5) is 37.7. The van der Waals surface area contributed by atoms with Gasteiger partial charge in [-0.1, -0.05) is 18.1 Å². The van der Waals surface area contributed by atoms with E-state index in [1.165, 1.54) is 4.90 Å². The van der Waals surface area contributed by atoms with E-state index in [1.807, 2.05) is 13.0 Å². The van der Waals surface area contributed by atoms with Gasteiger partial charge in [0, 0.05) is 36.6 Å². The highest BCUT2D eigenvalue weighted by Gasteiger charge is 2.39. The minimum Gasteiger partial charge on any atom is -0.393 e. The van der Waals surface area contributed by atoms with Gasteiger partial charge in [-0.3, -0.25) is 19.7 Å². The second-order valence-electron chi connectivity index (χ2n) is 7.22. The van der Waals surface area contributed by atoms with Crippen molar-refractivity contribution in [2.75, 3.05) is 0 Å². The third-order valence-electron chi connectivity index (χ3n) is 5.29. The summed E-state index contributed by atoms with van der Waals surface area (Å²) in [5.41, 5.74) is 2.80. The Bertz CT molecular complexity index is 951. The highest BCUT2D eigenvalue weighted by molar-refractivity contribution is 6.05. The van der Waals surface area contributed by atoms with Crippen LogP contribution in [-0.2, 0) is 22.6 Å². The summed E-state index contributed by atoms with van der Waals surface area (Å²) in [6, 6.07) is 6.55. The first kappa shape index (κ1) is 18.4. The number of aromatic nitrogens is 1. The lowest BCUT2D eigenvalue weighted by molar-refractivity contribution is -0.136. The number of piperidine rings is 1. The predicted octanol–water partition coefficient (Wildman–Crippen LogP) is 1.42. The number of nitrogens with one attached hydrogen (secondary N) is 1. The third kappa shape index (κ3) is 3.31. The molecule has 2 N–H and O–H groups in total. The van der Waals surface area contributed by atoms with Gasteiger partial charge in [0.05, 0.1) is 6.10 Å². The van der Waals surface area contributed by atoms with Gasteiger partial charge in [-0.05, 0) is 30.5 Å². The zero-order valence-electron chi connectivity index (χ0n) is 15.5. The van der Waals surface area contributed by atoms with Gasteiger partial charge in [-0.15, -0.1) is 0 Å². The Morgan fingerprint density at radius 2 is 2.14 bits per heavy atom. The van der Waals surface area contributed by atoms with Gasteiger partial charge in [-0.25, -0.2) is 0 Å². The van der Waals surface area contributed by atoms with Crippen molar-refractivity contribution in [2.45, 2.75) is 51.3 Å². The number of rotatable bonds is 5. The molecule has 2 unspecified atom stereocenters. The van der Waals surface area contributed by atoms with Gasteiger partial charge in [-0.2, -0.15) is 0 Å². The van der Waals surface area contributed by atoms with E-state index in [-0.39, 0.29) is 18.2 Å². The van der Waals surface area contributed by atoms with Crippen LogP contribution in [0.5, 0.6) is 0 Å². The van der Waals surface area contributed by atoms with Crippen molar-refractivity contribution in [2.24, 2.45) is 0 Å². The average Bonchev–Trinajstić information content (AvgIpc) is 3.26. The van der Waals surface area contributed by atoms with Gasteiger partial charge >= 0.3 is 0 Å². The fourth-order valence-electron chi connectivity index (χ4n) is 3.66. The number of amides is 3. The zero-order chi connectivity index (χ0) is 19.8. The molecule has 0 spiro atoms. The van der Waals surface area contributed by atoms with E-state index in [1.54, 1.807) is 18.2 Å². The monoisotopic (exact) mass is 383 g/mol. The number of aliphatic hydroxyl groups is 1. The summed E-state index contributed by atoms with van der Waals surface area (Å²) in [7, 11) is 0. The van der Waals surface area contributed by atoms with Gasteiger partial charge < -0.3 is 14.5 Å². The molecule has 1 saturated heterocycles. The predicted molar refractivity (Wildman–Crippen MR) is 98.0 cm³/mol. The van der Waals surface area contributed by atoms with Crippen LogP contribution in [0.1, 0.15) is 47.9 Å². The largest absolute Gasteiger partial charge is 0.393 e. The summed E-state index contributed by atoms with van der Waals surface area (Å²) < 4.78 is 5.30. The van der Waals surface area contributed by atoms with E-state index in [2.05, 4.69) is 10.5 Å². The Labute approximate surface area is 161 Å². The number of carbonyl (C=O) groups excluding carboxylic acids is 3. The summed E-state index contributed by atoms with van der Waals surface area (Å²) in [6.07, 6.45) is 1.13. The molecule has 0 radical (unpaired) electrons. The van der Waals surface area contributed by atoms with Gasteiger partial charge in [0.15, 0.2) is 0 Å². The number of fused-ring (bicyclic) bond motifs is 1. The summed E-state index contributed by atoms with van der Waals surface area (Å²) >= 11 is 0. The van der Waals surface area contributed by atoms with Crippen LogP contribution in [0.15, 0.2) is 28.8 Å². The second kappa shape index (κ2) is 7.20. The van der Waals surface area contributed by atoms with E-state index in [0.717, 1.165) is 11.1 Å². The van der Waals surface area contributed by atoms with Crippen LogP contribution in [0.3, 0.4) is 0 Å². The Balaban J connectivity index is 1.54. The van der Waals surface area contributed by atoms with Crippen LogP contribution in [0, 0.1) is 0 Å². The van der Waals surface area contributed by atoms with Crippen molar-refractivity contribution in [1.82, 2.24) is 15.4 Å². The number of hydrogen-bond acceptors (Lipinski definition) is 6. The molecular weight excluding hydrogens is 362 g/mol. The van der Waals surface area contributed by atoms with Crippen molar-refractivity contribution in [3.8, 4) is 11.3 Å². The number of hydrogen-bond donors (Lipinski definition) is 2. The van der Waals surface area contributed by atoms with Crippen LogP contribution in [0.2, 0.25) is 0 Å². The Hall–Kier alpha value is -3.00. The molecular formula is C20H21N3O5. The van der Waals surface area contributed by atoms with E-state index in [0.29, 0.717) is 42.8 Å². The van der Waals surface area contributed by atoms with Gasteiger partial charge in [0.2, 0.25) is 11.8 Å². The van der Waals surface area contributed by atoms with E-state index in [9.17, 15) is 19.5 Å². The molecule has 2 atom stereocenters. The second-order valence-corrected chi connectivity index (χ2v) is 7.22. The molecule has 2 aromatic rings. The quantitative estimate of drug-likeness (QED) is 0.755. The number of imide groups is 1. The van der Waals surface area contributed by atoms with Crippen LogP contribution >= 0.6 is 0 Å². The number of benzene rings is 1. The zero-order valence-corrected chi connectivity index (χ0v) is 15.5. The standard InChI is InChI=1S/C20H21N3O5/c1-2-13(24)8-14-9-16(22-28-14)11-3-4-15-12(7-11)10-23(20(15)27)17-5-6-18(25)21-19(17)26/h3-4,7,9,13,17,24H,2,5-6,8,10H2,1H3,(H,21,25,26). The fraction of sp³-hybridized carbons (Fsp3) is 0.400. The maximum absolute atomic E-state index is 12.7. The lowest BCUT2D eigenvalue weighted by Gasteiger charge is -2.29. The maximum atomic E-state index is 12.7. The highest BCUT2D eigenvalue weighted by atomic mass is 16.5. The molecule has 2 aliphatic rings. The Morgan fingerprint density at radius 1 is 1.32 bits per heavy atom. The Kier molecular flexibility index (Phi) is 4.72. The van der Waals surface area contributed by atoms with Crippen molar-refractivity contribution in [1.29, 1.82) is 0 Å². The fourth-order valence-corrected chi connectivity index (χ4v) is 3.66. The molecule has 0 aliphatic carbocycles. The number of aliphatic hydroxyl groups excluding tert-OH is 1. The molecule has 3 heterocycles. The van der Waals surface area contributed by atoms with Gasteiger partial charge in [0.25, 0.3) is 5.91 Å². The first-order chi connectivity index (χ1) is 13.5. The molecule has 8 heteroatoms. The average molecular weight is 383 g/mol. The molecule has 0 saturated carbocycles. The molecule has 3 amide bonds. The van der Waals surface area contributed by atoms with Crippen LogP contribution < -0.4 is 5.32 Å². The van der Waals surface area contributed by atoms with E-state index < -0.39 is 18.1 Å². The third-order valence-corrected chi connectivity index (χ3v) is 5.29. The van der Waals surface area contributed by atoms with Crippen molar-refractivity contribution < 1.29 is 24.0 Å². The molecule has 1 aromatic heterocycles. The van der Waals surface area contributed by atoms with Crippen molar-refractivity contribution in [3.05, 3.63) is 41.2 Å². The first-order valence-corrected chi connectivity index (χ1v) is 9.38. The number of carbonyl (C=O) groups is 3. The molecule has 1 fully saturated rings. The van der Waals surface area contributed by atoms with Crippen LogP contribution in [0.4, 0.5) is 0 Å². The molecule has 0 bridgehead atoms. The van der Waals surface area contributed by atoms with Crippen LogP contribution in [-0.4, -0.2) is 45.0 Å². The van der Waals surface area contributed by atoms with E-state index >= 15 is 0 Å². The summed E-state index contributed by atoms with van der Waals surface area (Å²) in [5.74, 6) is -0.329. The molecule has 4 rings (SSSR count). The lowest BCUT2D eigenvalue weighted by atomic mass is 10.0. The smallest absolute Gasteiger partial charge is 0.255 e. The SMILES string of the molecule is CCC(O)Cc1cc(-c2ccc3c(c2)CN(C2CCC(=O)NC2=O)C3=O)no1. The molecule has 146 valence electrons. The molecule has 2 aliphatic heterocycles. The maximum Gasteiger partial charge on any atom is 0.255 e. The van der Waals surface area contributed by atoms with E-state index in [4.69, 9.17) is 4.52 Å². The minimum atomic E-state index is -0.629. The first-order valence-electron chi connectivity index (χ1n) is 9.38. The highest BCUT2D eigenvalue weighted by Crippen LogP contribution is 2.31. The van der Waals surface area contributed by atoms with Gasteiger partial charge in [0.1, 0.15) is 17.5 Å². The molecule has 8 nitrogen and oxygen atoms in total.